The minimum absolute atomic E-state index is 0.0305. The average Bonchev–Trinajstić information content (AvgIpc) is 2.45. The second kappa shape index (κ2) is 7.59. The van der Waals surface area contributed by atoms with Gasteiger partial charge in [0, 0.05) is 13.5 Å². The summed E-state index contributed by atoms with van der Waals surface area (Å²) in [6.07, 6.45) is 0.0549. The second-order valence-corrected chi connectivity index (χ2v) is 5.83. The lowest BCUT2D eigenvalue weighted by Gasteiger charge is -2.22. The van der Waals surface area contributed by atoms with Crippen molar-refractivity contribution < 1.29 is 19.5 Å². The number of carbonyl (C=O) groups excluding carboxylic acids is 2. The molecular formula is C16H22N2O4. The van der Waals surface area contributed by atoms with E-state index in [0.717, 1.165) is 5.56 Å². The van der Waals surface area contributed by atoms with Gasteiger partial charge in [0.25, 0.3) is 0 Å². The number of carboxylic acid groups (broad SMARTS) is 1. The number of nitrogens with one attached hydrogen (secondary N) is 2. The van der Waals surface area contributed by atoms with E-state index in [-0.39, 0.29) is 24.8 Å². The smallest absolute Gasteiger partial charge is 0.310 e. The summed E-state index contributed by atoms with van der Waals surface area (Å²) in [6, 6.07) is 8.73. The molecule has 1 aromatic rings. The summed E-state index contributed by atoms with van der Waals surface area (Å²) in [5.74, 6) is -1.52. The van der Waals surface area contributed by atoms with Crippen molar-refractivity contribution in [3.05, 3.63) is 35.9 Å². The molecule has 0 aliphatic heterocycles. The summed E-state index contributed by atoms with van der Waals surface area (Å²) in [7, 11) is 0. The van der Waals surface area contributed by atoms with Crippen LogP contribution >= 0.6 is 0 Å². The molecule has 1 aromatic carbocycles. The van der Waals surface area contributed by atoms with Crippen LogP contribution in [0.2, 0.25) is 0 Å². The van der Waals surface area contributed by atoms with Gasteiger partial charge in [0.05, 0.1) is 17.9 Å². The van der Waals surface area contributed by atoms with Crippen LogP contribution in [0.25, 0.3) is 0 Å². The molecular weight excluding hydrogens is 284 g/mol. The van der Waals surface area contributed by atoms with Gasteiger partial charge in [0.2, 0.25) is 11.8 Å². The lowest BCUT2D eigenvalue weighted by Crippen LogP contribution is -2.40. The normalized spacial score (nSPS) is 12.3. The number of benzene rings is 1. The fourth-order valence-electron chi connectivity index (χ4n) is 1.84. The first-order chi connectivity index (χ1) is 10.2. The Morgan fingerprint density at radius 2 is 1.77 bits per heavy atom. The van der Waals surface area contributed by atoms with Crippen LogP contribution in [0.4, 0.5) is 0 Å². The summed E-state index contributed by atoms with van der Waals surface area (Å²) in [4.78, 5) is 34.3. The minimum atomic E-state index is -1.04. The molecule has 0 spiro atoms. The Hall–Kier alpha value is -2.37. The molecule has 1 atom stereocenters. The van der Waals surface area contributed by atoms with Crippen LogP contribution in [0, 0.1) is 5.41 Å². The van der Waals surface area contributed by atoms with Crippen LogP contribution in [0.3, 0.4) is 0 Å². The minimum Gasteiger partial charge on any atom is -0.481 e. The average molecular weight is 306 g/mol. The van der Waals surface area contributed by atoms with Gasteiger partial charge in [-0.3, -0.25) is 14.4 Å². The van der Waals surface area contributed by atoms with E-state index < -0.39 is 17.4 Å². The summed E-state index contributed by atoms with van der Waals surface area (Å²) in [5, 5.41) is 14.4. The highest BCUT2D eigenvalue weighted by molar-refractivity contribution is 5.80. The van der Waals surface area contributed by atoms with E-state index in [2.05, 4.69) is 10.6 Å². The highest BCUT2D eigenvalue weighted by Crippen LogP contribution is 2.17. The van der Waals surface area contributed by atoms with Crippen molar-refractivity contribution in [3.8, 4) is 0 Å². The van der Waals surface area contributed by atoms with E-state index in [4.69, 9.17) is 5.11 Å². The van der Waals surface area contributed by atoms with Crippen LogP contribution in [-0.2, 0) is 14.4 Å². The fraction of sp³-hybridized carbons (Fsp3) is 0.438. The van der Waals surface area contributed by atoms with Crippen molar-refractivity contribution >= 4 is 17.8 Å². The second-order valence-electron chi connectivity index (χ2n) is 5.83. The Morgan fingerprint density at radius 3 is 2.27 bits per heavy atom. The molecule has 6 nitrogen and oxygen atoms in total. The highest BCUT2D eigenvalue weighted by atomic mass is 16.4. The van der Waals surface area contributed by atoms with Gasteiger partial charge >= 0.3 is 5.97 Å². The zero-order chi connectivity index (χ0) is 16.8. The van der Waals surface area contributed by atoms with Gasteiger partial charge in [-0.25, -0.2) is 0 Å². The SMILES string of the molecule is CC(=O)NC(CC(=O)NCC(C)(C)C(=O)O)c1ccccc1. The van der Waals surface area contributed by atoms with E-state index >= 15 is 0 Å². The Balaban J connectivity index is 2.68. The van der Waals surface area contributed by atoms with Gasteiger partial charge < -0.3 is 15.7 Å². The molecule has 0 heterocycles. The molecule has 3 N–H and O–H groups in total. The number of aliphatic carboxylic acids is 1. The lowest BCUT2D eigenvalue weighted by atomic mass is 9.93. The van der Waals surface area contributed by atoms with Crippen LogP contribution in [-0.4, -0.2) is 29.4 Å². The Morgan fingerprint density at radius 1 is 1.18 bits per heavy atom. The van der Waals surface area contributed by atoms with Gasteiger partial charge in [0.15, 0.2) is 0 Å². The topological polar surface area (TPSA) is 95.5 Å². The third kappa shape index (κ3) is 5.55. The van der Waals surface area contributed by atoms with Crippen molar-refractivity contribution in [2.24, 2.45) is 5.41 Å². The predicted octanol–water partition coefficient (Wildman–Crippen LogP) is 1.48. The largest absolute Gasteiger partial charge is 0.481 e. The van der Waals surface area contributed by atoms with Crippen LogP contribution in [0.15, 0.2) is 30.3 Å². The standard InChI is InChI=1S/C16H22N2O4/c1-11(19)18-13(12-7-5-4-6-8-12)9-14(20)17-10-16(2,3)15(21)22/h4-8,13H,9-10H2,1-3H3,(H,17,20)(H,18,19)(H,21,22). The van der Waals surface area contributed by atoms with Crippen molar-refractivity contribution in [1.29, 1.82) is 0 Å². The van der Waals surface area contributed by atoms with Crippen molar-refractivity contribution in [3.63, 3.8) is 0 Å². The first-order valence-corrected chi connectivity index (χ1v) is 7.04. The Labute approximate surface area is 129 Å². The molecule has 0 aromatic heterocycles. The summed E-state index contributed by atoms with van der Waals surface area (Å²) in [6.45, 7) is 4.50. The molecule has 0 saturated carbocycles. The van der Waals surface area contributed by atoms with Crippen molar-refractivity contribution in [1.82, 2.24) is 10.6 Å². The van der Waals surface area contributed by atoms with Crippen molar-refractivity contribution in [2.45, 2.75) is 33.2 Å². The first-order valence-electron chi connectivity index (χ1n) is 7.04. The maximum atomic E-state index is 12.0. The molecule has 1 rings (SSSR count). The first kappa shape index (κ1) is 17.7. The maximum Gasteiger partial charge on any atom is 0.310 e. The third-order valence-electron chi connectivity index (χ3n) is 3.28. The highest BCUT2D eigenvalue weighted by Gasteiger charge is 2.28. The molecule has 22 heavy (non-hydrogen) atoms. The quantitative estimate of drug-likeness (QED) is 0.711. The van der Waals surface area contributed by atoms with Crippen LogP contribution < -0.4 is 10.6 Å². The third-order valence-corrected chi connectivity index (χ3v) is 3.28. The van der Waals surface area contributed by atoms with E-state index in [1.54, 1.807) is 0 Å². The Bertz CT molecular complexity index is 540. The fourth-order valence-corrected chi connectivity index (χ4v) is 1.84. The van der Waals surface area contributed by atoms with E-state index in [0.29, 0.717) is 0 Å². The molecule has 0 saturated heterocycles. The maximum absolute atomic E-state index is 12.0. The van der Waals surface area contributed by atoms with Gasteiger partial charge in [0.1, 0.15) is 0 Å². The van der Waals surface area contributed by atoms with Gasteiger partial charge in [-0.1, -0.05) is 30.3 Å². The molecule has 120 valence electrons. The van der Waals surface area contributed by atoms with Crippen molar-refractivity contribution in [2.75, 3.05) is 6.54 Å². The predicted molar refractivity (Wildman–Crippen MR) is 82.0 cm³/mol. The summed E-state index contributed by atoms with van der Waals surface area (Å²) >= 11 is 0. The molecule has 0 fully saturated rings. The lowest BCUT2D eigenvalue weighted by molar-refractivity contribution is -0.146. The molecule has 0 aliphatic rings. The van der Waals surface area contributed by atoms with Crippen LogP contribution in [0.5, 0.6) is 0 Å². The van der Waals surface area contributed by atoms with E-state index in [1.807, 2.05) is 30.3 Å². The van der Waals surface area contributed by atoms with Gasteiger partial charge in [-0.05, 0) is 19.4 Å². The van der Waals surface area contributed by atoms with Gasteiger partial charge in [-0.15, -0.1) is 0 Å². The summed E-state index contributed by atoms with van der Waals surface area (Å²) < 4.78 is 0. The molecule has 0 radical (unpaired) electrons. The number of amides is 2. The number of hydrogen-bond donors (Lipinski definition) is 3. The number of rotatable bonds is 7. The number of carboxylic acids is 1. The molecule has 2 amide bonds. The molecule has 0 aliphatic carbocycles. The molecule has 0 bridgehead atoms. The Kier molecular flexibility index (Phi) is 6.10. The summed E-state index contributed by atoms with van der Waals surface area (Å²) in [5.41, 5.74) is -0.211. The molecule has 1 unspecified atom stereocenters. The number of hydrogen-bond acceptors (Lipinski definition) is 3. The zero-order valence-electron chi connectivity index (χ0n) is 13.1. The van der Waals surface area contributed by atoms with E-state index in [9.17, 15) is 14.4 Å². The number of carbonyl (C=O) groups is 3. The molecule has 6 heteroatoms. The van der Waals surface area contributed by atoms with Gasteiger partial charge in [-0.2, -0.15) is 0 Å². The monoisotopic (exact) mass is 306 g/mol. The van der Waals surface area contributed by atoms with E-state index in [1.165, 1.54) is 20.8 Å². The van der Waals surface area contributed by atoms with Crippen LogP contribution in [0.1, 0.15) is 38.8 Å². The zero-order valence-corrected chi connectivity index (χ0v) is 13.1.